The van der Waals surface area contributed by atoms with Crippen LogP contribution in [0.25, 0.3) is 0 Å². The molecular weight excluding hydrogens is 476 g/mol. The van der Waals surface area contributed by atoms with E-state index in [1.807, 2.05) is 12.3 Å². The van der Waals surface area contributed by atoms with Crippen LogP contribution in [0.3, 0.4) is 0 Å². The van der Waals surface area contributed by atoms with Crippen molar-refractivity contribution in [2.45, 2.75) is 25.3 Å². The quantitative estimate of drug-likeness (QED) is 0.336. The highest BCUT2D eigenvalue weighted by Crippen LogP contribution is 2.17. The van der Waals surface area contributed by atoms with Gasteiger partial charge in [0, 0.05) is 44.5 Å². The highest BCUT2D eigenvalue weighted by atomic mass is 127. The molecule has 0 aliphatic carbocycles. The van der Waals surface area contributed by atoms with Gasteiger partial charge < -0.3 is 15.5 Å². The molecule has 1 aliphatic heterocycles. The van der Waals surface area contributed by atoms with Gasteiger partial charge in [-0.3, -0.25) is 4.90 Å². The van der Waals surface area contributed by atoms with Gasteiger partial charge in [0.25, 0.3) is 0 Å². The molecule has 8 heteroatoms. The van der Waals surface area contributed by atoms with E-state index in [1.54, 1.807) is 17.8 Å². The minimum atomic E-state index is -0.184. The average molecular weight is 509 g/mol. The summed E-state index contributed by atoms with van der Waals surface area (Å²) < 4.78 is 13.5. The van der Waals surface area contributed by atoms with Crippen molar-refractivity contribution in [3.8, 4) is 0 Å². The molecule has 1 aliphatic rings. The maximum atomic E-state index is 13.5. The van der Waals surface area contributed by atoms with Crippen molar-refractivity contribution in [1.29, 1.82) is 0 Å². The number of rotatable bonds is 7. The molecule has 2 rings (SSSR count). The monoisotopic (exact) mass is 509 g/mol. The normalized spacial score (nSPS) is 18.9. The molecule has 1 heterocycles. The Morgan fingerprint density at radius 2 is 2.04 bits per heavy atom. The van der Waals surface area contributed by atoms with Crippen LogP contribution < -0.4 is 10.6 Å². The molecule has 1 atom stereocenters. The van der Waals surface area contributed by atoms with E-state index in [0.29, 0.717) is 12.6 Å². The zero-order valence-electron chi connectivity index (χ0n) is 16.8. The lowest BCUT2D eigenvalue weighted by molar-refractivity contribution is 0.116. The van der Waals surface area contributed by atoms with Crippen LogP contribution in [-0.2, 0) is 12.3 Å². The first kappa shape index (κ1) is 24.5. The van der Waals surface area contributed by atoms with Gasteiger partial charge in [0.2, 0.25) is 0 Å². The number of guanidine groups is 1. The van der Waals surface area contributed by atoms with Gasteiger partial charge in [-0.15, -0.1) is 24.0 Å². The Labute approximate surface area is 184 Å². The first-order valence-corrected chi connectivity index (χ1v) is 10.6. The third-order valence-electron chi connectivity index (χ3n) is 4.71. The van der Waals surface area contributed by atoms with E-state index < -0.39 is 0 Å². The van der Waals surface area contributed by atoms with Crippen molar-refractivity contribution in [1.82, 2.24) is 20.4 Å². The second-order valence-electron chi connectivity index (χ2n) is 6.82. The second-order valence-corrected chi connectivity index (χ2v) is 7.68. The molecule has 1 aromatic carbocycles. The Morgan fingerprint density at radius 3 is 2.74 bits per heavy atom. The number of nitrogens with one attached hydrogen (secondary N) is 2. The maximum absolute atomic E-state index is 13.5. The minimum absolute atomic E-state index is 0. The van der Waals surface area contributed by atoms with E-state index in [1.165, 1.54) is 6.07 Å². The van der Waals surface area contributed by atoms with Gasteiger partial charge in [0.1, 0.15) is 5.82 Å². The van der Waals surface area contributed by atoms with Gasteiger partial charge >= 0.3 is 0 Å². The van der Waals surface area contributed by atoms with Gasteiger partial charge in [-0.1, -0.05) is 6.07 Å². The summed E-state index contributed by atoms with van der Waals surface area (Å²) in [6.45, 7) is 7.54. The number of nitrogens with zero attached hydrogens (tertiary/aromatic N) is 3. The topological polar surface area (TPSA) is 42.9 Å². The van der Waals surface area contributed by atoms with Gasteiger partial charge in [0.15, 0.2) is 5.96 Å². The van der Waals surface area contributed by atoms with Crippen LogP contribution in [0.15, 0.2) is 23.2 Å². The van der Waals surface area contributed by atoms with Crippen molar-refractivity contribution in [3.05, 3.63) is 35.1 Å². The van der Waals surface area contributed by atoms with Crippen LogP contribution in [0.2, 0.25) is 0 Å². The predicted molar refractivity (Wildman–Crippen MR) is 126 cm³/mol. The number of halogens is 2. The molecule has 0 saturated carbocycles. The van der Waals surface area contributed by atoms with Crippen molar-refractivity contribution in [2.24, 2.45) is 4.99 Å². The molecule has 0 bridgehead atoms. The van der Waals surface area contributed by atoms with Crippen molar-refractivity contribution < 1.29 is 4.39 Å². The molecule has 0 aromatic heterocycles. The molecule has 1 aromatic rings. The molecule has 0 radical (unpaired) electrons. The summed E-state index contributed by atoms with van der Waals surface area (Å²) in [5.41, 5.74) is 2.10. The minimum Gasteiger partial charge on any atom is -0.357 e. The molecule has 0 spiro atoms. The number of hydrogen-bond acceptors (Lipinski definition) is 4. The average Bonchev–Trinajstić information content (AvgIpc) is 2.61. The van der Waals surface area contributed by atoms with E-state index in [2.05, 4.69) is 41.5 Å². The van der Waals surface area contributed by atoms with Gasteiger partial charge in [-0.2, -0.15) is 11.8 Å². The third kappa shape index (κ3) is 8.13. The van der Waals surface area contributed by atoms with Crippen molar-refractivity contribution >= 4 is 41.7 Å². The fourth-order valence-corrected chi connectivity index (χ4v) is 3.66. The van der Waals surface area contributed by atoms with E-state index in [0.717, 1.165) is 55.6 Å². The van der Waals surface area contributed by atoms with E-state index in [-0.39, 0.29) is 29.8 Å². The molecular formula is C19H33FIN5S. The lowest BCUT2D eigenvalue weighted by Crippen LogP contribution is -2.55. The summed E-state index contributed by atoms with van der Waals surface area (Å²) in [5.74, 6) is 1.43. The smallest absolute Gasteiger partial charge is 0.191 e. The van der Waals surface area contributed by atoms with Crippen LogP contribution in [0.4, 0.5) is 4.39 Å². The molecule has 2 N–H and O–H groups in total. The van der Waals surface area contributed by atoms with E-state index in [4.69, 9.17) is 4.99 Å². The Kier molecular flexibility index (Phi) is 11.6. The van der Waals surface area contributed by atoms with Gasteiger partial charge in [-0.05, 0) is 50.5 Å². The number of aliphatic imine (C=N–C) groups is 1. The van der Waals surface area contributed by atoms with E-state index in [9.17, 15) is 4.39 Å². The summed E-state index contributed by atoms with van der Waals surface area (Å²) in [6, 6.07) is 5.45. The zero-order valence-corrected chi connectivity index (χ0v) is 19.9. The van der Waals surface area contributed by atoms with Crippen LogP contribution in [0, 0.1) is 5.82 Å². The molecule has 0 amide bonds. The summed E-state index contributed by atoms with van der Waals surface area (Å²) in [7, 11) is 4.34. The summed E-state index contributed by atoms with van der Waals surface area (Å²) in [5, 5.41) is 6.77. The molecule has 154 valence electrons. The maximum Gasteiger partial charge on any atom is 0.191 e. The van der Waals surface area contributed by atoms with Gasteiger partial charge in [0.05, 0.1) is 6.54 Å². The Morgan fingerprint density at radius 1 is 1.26 bits per heavy atom. The van der Waals surface area contributed by atoms with E-state index >= 15 is 0 Å². The van der Waals surface area contributed by atoms with Crippen LogP contribution in [0.1, 0.15) is 18.1 Å². The van der Waals surface area contributed by atoms with Crippen LogP contribution in [-0.4, -0.2) is 74.9 Å². The number of likely N-dealkylation sites (N-methyl/N-ethyl adjacent to an activating group) is 2. The number of thioether (sulfide) groups is 1. The van der Waals surface area contributed by atoms with Crippen LogP contribution >= 0.6 is 35.7 Å². The highest BCUT2D eigenvalue weighted by molar-refractivity contribution is 14.0. The molecule has 27 heavy (non-hydrogen) atoms. The first-order valence-electron chi connectivity index (χ1n) is 9.20. The SMILES string of the molecule is CCNC(=NCc1ccc(F)cc1CSC)NCC1CN(C)CCN1C.I. The third-order valence-corrected chi connectivity index (χ3v) is 5.30. The second kappa shape index (κ2) is 12.8. The molecule has 1 fully saturated rings. The lowest BCUT2D eigenvalue weighted by atomic mass is 10.1. The summed E-state index contributed by atoms with van der Waals surface area (Å²) in [4.78, 5) is 9.48. The summed E-state index contributed by atoms with van der Waals surface area (Å²) >= 11 is 1.70. The van der Waals surface area contributed by atoms with Crippen LogP contribution in [0.5, 0.6) is 0 Å². The fourth-order valence-electron chi connectivity index (χ4n) is 3.08. The highest BCUT2D eigenvalue weighted by Gasteiger charge is 2.22. The molecule has 1 unspecified atom stereocenters. The largest absolute Gasteiger partial charge is 0.357 e. The van der Waals surface area contributed by atoms with Crippen molar-refractivity contribution in [2.75, 3.05) is 53.1 Å². The number of hydrogen-bond donors (Lipinski definition) is 2. The Balaban J connectivity index is 0.00000364. The Bertz CT molecular complexity index is 601. The fraction of sp³-hybridized carbons (Fsp3) is 0.632. The number of piperazine rings is 1. The van der Waals surface area contributed by atoms with Gasteiger partial charge in [-0.25, -0.2) is 9.38 Å². The molecule has 1 saturated heterocycles. The first-order chi connectivity index (χ1) is 12.5. The zero-order chi connectivity index (χ0) is 18.9. The lowest BCUT2D eigenvalue weighted by Gasteiger charge is -2.37. The standard InChI is InChI=1S/C19H32FN5S.HI/c1-5-21-19(23-12-18-13-24(2)8-9-25(18)3)22-11-15-6-7-17(20)10-16(15)14-26-4;/h6-7,10,18H,5,8-9,11-14H2,1-4H3,(H2,21,22,23);1H. The van der Waals surface area contributed by atoms with Crippen molar-refractivity contribution in [3.63, 3.8) is 0 Å². The molecule has 5 nitrogen and oxygen atoms in total. The summed E-state index contributed by atoms with van der Waals surface area (Å²) in [6.07, 6.45) is 2.03. The Hall–Kier alpha value is -0.580. The predicted octanol–water partition coefficient (Wildman–Crippen LogP) is 2.61. The number of benzene rings is 1.